The van der Waals surface area contributed by atoms with Crippen molar-refractivity contribution in [1.82, 2.24) is 15.0 Å². The maximum atomic E-state index is 13.5. The fraction of sp³-hybridized carbons (Fsp3) is 0. The van der Waals surface area contributed by atoms with Gasteiger partial charge in [0.15, 0.2) is 5.82 Å². The highest BCUT2D eigenvalue weighted by molar-refractivity contribution is 5.92. The van der Waals surface area contributed by atoms with Gasteiger partial charge in [0, 0.05) is 29.0 Å². The van der Waals surface area contributed by atoms with Crippen LogP contribution in [0.5, 0.6) is 0 Å². The van der Waals surface area contributed by atoms with Crippen molar-refractivity contribution in [3.05, 3.63) is 78.9 Å². The Morgan fingerprint density at radius 2 is 1.67 bits per heavy atom. The molecule has 2 heterocycles. The summed E-state index contributed by atoms with van der Waals surface area (Å²) in [5.74, 6) is 0.837. The van der Waals surface area contributed by atoms with Crippen molar-refractivity contribution in [2.45, 2.75) is 0 Å². The zero-order valence-electron chi connectivity index (χ0n) is 12.6. The van der Waals surface area contributed by atoms with Crippen LogP contribution in [0.2, 0.25) is 0 Å². The summed E-state index contributed by atoms with van der Waals surface area (Å²) in [7, 11) is 0. The molecule has 4 aromatic rings. The predicted molar refractivity (Wildman–Crippen MR) is 92.5 cm³/mol. The Hall–Kier alpha value is -3.34. The minimum atomic E-state index is -0.312. The lowest BCUT2D eigenvalue weighted by Gasteiger charge is -2.11. The van der Waals surface area contributed by atoms with Gasteiger partial charge in [-0.25, -0.2) is 14.4 Å². The van der Waals surface area contributed by atoms with Crippen LogP contribution in [-0.2, 0) is 0 Å². The van der Waals surface area contributed by atoms with Crippen molar-refractivity contribution in [2.75, 3.05) is 5.32 Å². The maximum Gasteiger partial charge on any atom is 0.162 e. The number of nitrogens with zero attached hydrogens (tertiary/aromatic N) is 3. The number of pyridine rings is 1. The molecule has 0 atom stereocenters. The first-order valence-electron chi connectivity index (χ1n) is 7.49. The van der Waals surface area contributed by atoms with Gasteiger partial charge < -0.3 is 5.32 Å². The molecule has 0 unspecified atom stereocenters. The Morgan fingerprint density at radius 1 is 0.833 bits per heavy atom. The lowest BCUT2D eigenvalue weighted by atomic mass is 10.1. The number of hydrogen-bond acceptors (Lipinski definition) is 4. The fourth-order valence-corrected chi connectivity index (χ4v) is 2.50. The largest absolute Gasteiger partial charge is 0.340 e. The number of nitrogens with one attached hydrogen (secondary N) is 1. The van der Waals surface area contributed by atoms with Gasteiger partial charge in [0.05, 0.1) is 5.52 Å². The van der Waals surface area contributed by atoms with Gasteiger partial charge in [-0.3, -0.25) is 4.98 Å². The second kappa shape index (κ2) is 6.04. The van der Waals surface area contributed by atoms with Crippen molar-refractivity contribution >= 4 is 22.4 Å². The lowest BCUT2D eigenvalue weighted by molar-refractivity contribution is 0.628. The van der Waals surface area contributed by atoms with Crippen molar-refractivity contribution in [2.24, 2.45) is 0 Å². The molecule has 2 aromatic heterocycles. The Morgan fingerprint density at radius 3 is 2.50 bits per heavy atom. The highest BCUT2D eigenvalue weighted by Gasteiger charge is 2.10. The van der Waals surface area contributed by atoms with Gasteiger partial charge in [0.25, 0.3) is 0 Å². The number of hydrogen-bond donors (Lipinski definition) is 1. The van der Waals surface area contributed by atoms with Crippen LogP contribution >= 0.6 is 0 Å². The quantitative estimate of drug-likeness (QED) is 0.601. The zero-order chi connectivity index (χ0) is 16.4. The monoisotopic (exact) mass is 316 g/mol. The first-order valence-corrected chi connectivity index (χ1v) is 7.49. The number of anilines is 2. The molecule has 0 radical (unpaired) electrons. The van der Waals surface area contributed by atoms with E-state index in [1.807, 2.05) is 36.4 Å². The fourth-order valence-electron chi connectivity index (χ4n) is 2.50. The summed E-state index contributed by atoms with van der Waals surface area (Å²) in [6.45, 7) is 0. The van der Waals surface area contributed by atoms with Gasteiger partial charge in [-0.1, -0.05) is 24.3 Å². The molecule has 0 aliphatic heterocycles. The van der Waals surface area contributed by atoms with E-state index < -0.39 is 0 Å². The lowest BCUT2D eigenvalue weighted by Crippen LogP contribution is -1.99. The highest BCUT2D eigenvalue weighted by atomic mass is 19.1. The standard InChI is InChI=1S/C19H13FN4/c20-14-5-3-4-13(12-14)18-23-17-7-2-1-6-16(17)19(24-18)22-15-8-10-21-11-9-15/h1-12H,(H,21,22,23,24). The molecular weight excluding hydrogens is 303 g/mol. The molecule has 0 amide bonds. The Bertz CT molecular complexity index is 1000. The summed E-state index contributed by atoms with van der Waals surface area (Å²) < 4.78 is 13.5. The van der Waals surface area contributed by atoms with Crippen LogP contribution in [0.3, 0.4) is 0 Å². The van der Waals surface area contributed by atoms with E-state index in [2.05, 4.69) is 20.3 Å². The van der Waals surface area contributed by atoms with Crippen LogP contribution in [0.1, 0.15) is 0 Å². The molecule has 4 nitrogen and oxygen atoms in total. The Labute approximate surface area is 138 Å². The number of rotatable bonds is 3. The first kappa shape index (κ1) is 14.3. The molecule has 0 fully saturated rings. The SMILES string of the molecule is Fc1cccc(-c2nc(Nc3ccncc3)c3ccccc3n2)c1. The van der Waals surface area contributed by atoms with E-state index in [1.165, 1.54) is 12.1 Å². The summed E-state index contributed by atoms with van der Waals surface area (Å²) >= 11 is 0. The van der Waals surface area contributed by atoms with E-state index in [9.17, 15) is 4.39 Å². The van der Waals surface area contributed by atoms with Crippen molar-refractivity contribution in [1.29, 1.82) is 0 Å². The number of para-hydroxylation sites is 1. The summed E-state index contributed by atoms with van der Waals surface area (Å²) in [6.07, 6.45) is 3.42. The molecule has 0 bridgehead atoms. The third-order valence-electron chi connectivity index (χ3n) is 3.63. The molecule has 0 spiro atoms. The van der Waals surface area contributed by atoms with Crippen LogP contribution in [0.25, 0.3) is 22.3 Å². The maximum absolute atomic E-state index is 13.5. The van der Waals surface area contributed by atoms with Gasteiger partial charge in [0.2, 0.25) is 0 Å². The zero-order valence-corrected chi connectivity index (χ0v) is 12.6. The minimum Gasteiger partial charge on any atom is -0.340 e. The van der Waals surface area contributed by atoms with Gasteiger partial charge in [-0.05, 0) is 36.4 Å². The smallest absolute Gasteiger partial charge is 0.162 e. The van der Waals surface area contributed by atoms with Crippen LogP contribution in [-0.4, -0.2) is 15.0 Å². The molecule has 24 heavy (non-hydrogen) atoms. The van der Waals surface area contributed by atoms with Gasteiger partial charge in [-0.15, -0.1) is 0 Å². The van der Waals surface area contributed by atoms with Crippen LogP contribution in [0, 0.1) is 5.82 Å². The summed E-state index contributed by atoms with van der Waals surface area (Å²) in [4.78, 5) is 13.2. The van der Waals surface area contributed by atoms with E-state index in [0.29, 0.717) is 17.2 Å². The normalized spacial score (nSPS) is 10.7. The molecule has 0 saturated heterocycles. The number of benzene rings is 2. The Balaban J connectivity index is 1.88. The first-order chi connectivity index (χ1) is 11.8. The van der Waals surface area contributed by atoms with Crippen LogP contribution in [0.15, 0.2) is 73.1 Å². The van der Waals surface area contributed by atoms with E-state index in [0.717, 1.165) is 16.6 Å². The molecule has 2 aromatic carbocycles. The van der Waals surface area contributed by atoms with E-state index >= 15 is 0 Å². The summed E-state index contributed by atoms with van der Waals surface area (Å²) in [6, 6.07) is 17.7. The molecular formula is C19H13FN4. The topological polar surface area (TPSA) is 50.7 Å². The minimum absolute atomic E-state index is 0.312. The second-order valence-corrected chi connectivity index (χ2v) is 5.28. The van der Waals surface area contributed by atoms with Crippen LogP contribution < -0.4 is 5.32 Å². The van der Waals surface area contributed by atoms with Gasteiger partial charge in [0.1, 0.15) is 11.6 Å². The third kappa shape index (κ3) is 2.79. The highest BCUT2D eigenvalue weighted by Crippen LogP contribution is 2.27. The average molecular weight is 316 g/mol. The van der Waals surface area contributed by atoms with Gasteiger partial charge in [-0.2, -0.15) is 0 Å². The average Bonchev–Trinajstić information content (AvgIpc) is 2.62. The number of aromatic nitrogens is 3. The van der Waals surface area contributed by atoms with Gasteiger partial charge >= 0.3 is 0 Å². The Kier molecular flexibility index (Phi) is 3.59. The molecule has 0 saturated carbocycles. The summed E-state index contributed by atoms with van der Waals surface area (Å²) in [5, 5.41) is 4.18. The number of fused-ring (bicyclic) bond motifs is 1. The van der Waals surface area contributed by atoms with Crippen molar-refractivity contribution < 1.29 is 4.39 Å². The molecule has 4 rings (SSSR count). The molecule has 1 N–H and O–H groups in total. The predicted octanol–water partition coefficient (Wildman–Crippen LogP) is 4.57. The molecule has 0 aliphatic carbocycles. The summed E-state index contributed by atoms with van der Waals surface area (Å²) in [5.41, 5.74) is 2.31. The molecule has 0 aliphatic rings. The van der Waals surface area contributed by atoms with E-state index in [1.54, 1.807) is 24.5 Å². The van der Waals surface area contributed by atoms with Crippen molar-refractivity contribution in [3.8, 4) is 11.4 Å². The molecule has 5 heteroatoms. The van der Waals surface area contributed by atoms with Crippen molar-refractivity contribution in [3.63, 3.8) is 0 Å². The number of halogens is 1. The third-order valence-corrected chi connectivity index (χ3v) is 3.63. The second-order valence-electron chi connectivity index (χ2n) is 5.28. The van der Waals surface area contributed by atoms with E-state index in [-0.39, 0.29) is 5.82 Å². The molecule has 116 valence electrons. The van der Waals surface area contributed by atoms with E-state index in [4.69, 9.17) is 0 Å². The van der Waals surface area contributed by atoms with Crippen LogP contribution in [0.4, 0.5) is 15.9 Å².